The lowest BCUT2D eigenvalue weighted by Crippen LogP contribution is -1.89. The van der Waals surface area contributed by atoms with Crippen LogP contribution in [-0.2, 0) is 0 Å². The Balaban J connectivity index is 1.63. The summed E-state index contributed by atoms with van der Waals surface area (Å²) in [7, 11) is 0. The molecule has 0 radical (unpaired) electrons. The van der Waals surface area contributed by atoms with Crippen molar-refractivity contribution in [3.63, 3.8) is 0 Å². The largest absolute Gasteiger partial charge is 0.215 e. The van der Waals surface area contributed by atoms with E-state index in [0.29, 0.717) is 10.8 Å². The smallest absolute Gasteiger partial charge is 0.200 e. The van der Waals surface area contributed by atoms with Gasteiger partial charge in [0.05, 0.1) is 5.69 Å². The summed E-state index contributed by atoms with van der Waals surface area (Å²) >= 11 is 7.41. The molecule has 3 aromatic carbocycles. The average Bonchev–Trinajstić information content (AvgIpc) is 3.32. The minimum Gasteiger partial charge on any atom is -0.200 e. The first-order valence-corrected chi connectivity index (χ1v) is 10.1. The van der Waals surface area contributed by atoms with E-state index in [4.69, 9.17) is 21.7 Å². The number of rotatable bonds is 4. The molecule has 5 nitrogen and oxygen atoms in total. The number of fused-ring (bicyclic) bond motifs is 1. The van der Waals surface area contributed by atoms with Crippen molar-refractivity contribution in [2.45, 2.75) is 0 Å². The van der Waals surface area contributed by atoms with Gasteiger partial charge in [0.1, 0.15) is 5.69 Å². The van der Waals surface area contributed by atoms with Crippen LogP contribution in [0.25, 0.3) is 27.6 Å². The van der Waals surface area contributed by atoms with E-state index in [9.17, 15) is 0 Å². The minimum atomic E-state index is 0.668. The molecule has 140 valence electrons. The van der Waals surface area contributed by atoms with Gasteiger partial charge in [0, 0.05) is 16.1 Å². The summed E-state index contributed by atoms with van der Waals surface area (Å²) < 4.78 is 1.85. The van der Waals surface area contributed by atoms with Crippen LogP contribution in [0.15, 0.2) is 95.2 Å². The zero-order valence-electron chi connectivity index (χ0n) is 15.1. The molecule has 0 atom stereocenters. The highest BCUT2D eigenvalue weighted by Gasteiger charge is 2.18. The molecule has 2 aromatic heterocycles. The number of nitrogens with zero attached hydrogens (tertiary/aromatic N) is 5. The fraction of sp³-hybridized carbons (Fsp3) is 0. The number of halogens is 1. The van der Waals surface area contributed by atoms with Crippen molar-refractivity contribution in [1.82, 2.24) is 14.6 Å². The first kappa shape index (κ1) is 17.7. The molecule has 2 heterocycles. The number of azo groups is 1. The maximum absolute atomic E-state index is 5.95. The molecule has 0 fully saturated rings. The van der Waals surface area contributed by atoms with Crippen molar-refractivity contribution in [2.24, 2.45) is 10.2 Å². The van der Waals surface area contributed by atoms with Crippen molar-refractivity contribution in [3.05, 3.63) is 90.0 Å². The Labute approximate surface area is 176 Å². The van der Waals surface area contributed by atoms with Crippen LogP contribution in [0, 0.1) is 0 Å². The average molecular weight is 416 g/mol. The molecular formula is C22H14ClN5S. The van der Waals surface area contributed by atoms with Gasteiger partial charge in [-0.3, -0.25) is 0 Å². The topological polar surface area (TPSA) is 54.9 Å². The Morgan fingerprint density at radius 2 is 1.41 bits per heavy atom. The van der Waals surface area contributed by atoms with Gasteiger partial charge in [-0.1, -0.05) is 83.6 Å². The number of benzene rings is 3. The van der Waals surface area contributed by atoms with Crippen LogP contribution in [0.5, 0.6) is 0 Å². The quantitative estimate of drug-likeness (QED) is 0.291. The van der Waals surface area contributed by atoms with E-state index in [-0.39, 0.29) is 0 Å². The van der Waals surface area contributed by atoms with Crippen LogP contribution in [0.4, 0.5) is 10.7 Å². The zero-order chi connectivity index (χ0) is 19.6. The van der Waals surface area contributed by atoms with Crippen molar-refractivity contribution in [2.75, 3.05) is 0 Å². The van der Waals surface area contributed by atoms with Gasteiger partial charge in [0.25, 0.3) is 0 Å². The summed E-state index contributed by atoms with van der Waals surface area (Å²) in [5.41, 5.74) is 3.59. The van der Waals surface area contributed by atoms with Crippen LogP contribution in [0.3, 0.4) is 0 Å². The second-order valence-corrected chi connectivity index (χ2v) is 7.69. The van der Waals surface area contributed by atoms with Gasteiger partial charge < -0.3 is 0 Å². The summed E-state index contributed by atoms with van der Waals surface area (Å²) in [5.74, 6) is 0.690. The van der Waals surface area contributed by atoms with Gasteiger partial charge in [-0.05, 0) is 24.3 Å². The number of hydrogen-bond donors (Lipinski definition) is 0. The molecule has 0 unspecified atom stereocenters. The standard InChI is InChI=1S/C22H14ClN5S/c23-17-11-13-18(14-12-17)25-26-21-19(15-7-3-1-4-8-15)28-22(29-21)24-20(27-28)16-9-5-2-6-10-16/h1-14H. The predicted octanol–water partition coefficient (Wildman–Crippen LogP) is 7.19. The van der Waals surface area contributed by atoms with E-state index in [0.717, 1.165) is 32.5 Å². The normalized spacial score (nSPS) is 11.5. The Hall–Kier alpha value is -3.35. The highest BCUT2D eigenvalue weighted by atomic mass is 35.5. The second-order valence-electron chi connectivity index (χ2n) is 6.29. The molecule has 0 spiro atoms. The Morgan fingerprint density at radius 1 is 0.759 bits per heavy atom. The van der Waals surface area contributed by atoms with E-state index < -0.39 is 0 Å². The Morgan fingerprint density at radius 3 is 2.10 bits per heavy atom. The molecule has 0 aliphatic carbocycles. The van der Waals surface area contributed by atoms with Crippen LogP contribution in [0.1, 0.15) is 0 Å². The summed E-state index contributed by atoms with van der Waals surface area (Å²) in [4.78, 5) is 5.48. The number of thiazole rings is 1. The van der Waals surface area contributed by atoms with E-state index in [1.165, 1.54) is 11.3 Å². The van der Waals surface area contributed by atoms with Gasteiger partial charge >= 0.3 is 0 Å². The molecule has 0 bridgehead atoms. The number of aromatic nitrogens is 3. The molecule has 5 aromatic rings. The second kappa shape index (κ2) is 7.58. The van der Waals surface area contributed by atoms with Gasteiger partial charge in [-0.2, -0.15) is 4.98 Å². The maximum Gasteiger partial charge on any atom is 0.215 e. The van der Waals surface area contributed by atoms with E-state index in [1.807, 2.05) is 77.3 Å². The Kier molecular flexibility index (Phi) is 4.63. The van der Waals surface area contributed by atoms with Gasteiger partial charge in [0.15, 0.2) is 10.8 Å². The monoisotopic (exact) mass is 415 g/mol. The first-order chi connectivity index (χ1) is 14.3. The molecule has 0 aliphatic rings. The minimum absolute atomic E-state index is 0.668. The van der Waals surface area contributed by atoms with Gasteiger partial charge in [0.2, 0.25) is 4.96 Å². The van der Waals surface area contributed by atoms with E-state index in [2.05, 4.69) is 10.2 Å². The lowest BCUT2D eigenvalue weighted by Gasteiger charge is -2.00. The summed E-state index contributed by atoms with van der Waals surface area (Å²) in [5, 5.41) is 15.0. The third kappa shape index (κ3) is 3.55. The van der Waals surface area contributed by atoms with Gasteiger partial charge in [-0.25, -0.2) is 4.52 Å². The molecule has 0 saturated heterocycles. The lowest BCUT2D eigenvalue weighted by atomic mass is 10.2. The van der Waals surface area contributed by atoms with Crippen LogP contribution in [0.2, 0.25) is 5.02 Å². The third-order valence-corrected chi connectivity index (χ3v) is 5.51. The zero-order valence-corrected chi connectivity index (χ0v) is 16.7. The van der Waals surface area contributed by atoms with Crippen LogP contribution >= 0.6 is 22.9 Å². The molecule has 7 heteroatoms. The van der Waals surface area contributed by atoms with E-state index in [1.54, 1.807) is 12.1 Å². The molecular weight excluding hydrogens is 402 g/mol. The molecule has 29 heavy (non-hydrogen) atoms. The van der Waals surface area contributed by atoms with E-state index >= 15 is 0 Å². The highest BCUT2D eigenvalue weighted by Crippen LogP contribution is 2.39. The first-order valence-electron chi connectivity index (χ1n) is 8.96. The fourth-order valence-electron chi connectivity index (χ4n) is 2.96. The number of hydrogen-bond acceptors (Lipinski definition) is 5. The Bertz CT molecular complexity index is 1290. The molecule has 0 amide bonds. The SMILES string of the molecule is Clc1ccc(N=Nc2sc3nc(-c4ccccc4)nn3c2-c2ccccc2)cc1. The van der Waals surface area contributed by atoms with Crippen LogP contribution < -0.4 is 0 Å². The third-order valence-electron chi connectivity index (χ3n) is 4.34. The molecule has 0 N–H and O–H groups in total. The molecule has 0 saturated carbocycles. The van der Waals surface area contributed by atoms with Crippen molar-refractivity contribution in [3.8, 4) is 22.6 Å². The molecule has 0 aliphatic heterocycles. The van der Waals surface area contributed by atoms with Crippen LogP contribution in [-0.4, -0.2) is 14.6 Å². The van der Waals surface area contributed by atoms with Crippen molar-refractivity contribution in [1.29, 1.82) is 0 Å². The lowest BCUT2D eigenvalue weighted by molar-refractivity contribution is 0.987. The summed E-state index contributed by atoms with van der Waals surface area (Å²) in [6, 6.07) is 27.2. The maximum atomic E-state index is 5.95. The highest BCUT2D eigenvalue weighted by molar-refractivity contribution is 7.21. The fourth-order valence-corrected chi connectivity index (χ4v) is 4.00. The summed E-state index contributed by atoms with van der Waals surface area (Å²) in [6.45, 7) is 0. The summed E-state index contributed by atoms with van der Waals surface area (Å²) in [6.07, 6.45) is 0. The predicted molar refractivity (Wildman–Crippen MR) is 117 cm³/mol. The van der Waals surface area contributed by atoms with Crippen molar-refractivity contribution < 1.29 is 0 Å². The van der Waals surface area contributed by atoms with Crippen molar-refractivity contribution >= 4 is 38.6 Å². The van der Waals surface area contributed by atoms with Gasteiger partial charge in [-0.15, -0.1) is 15.3 Å². The molecule has 5 rings (SSSR count).